The first-order chi connectivity index (χ1) is 9.74. The largest absolute Gasteiger partial charge is 0.372 e. The van der Waals surface area contributed by atoms with Gasteiger partial charge in [0.15, 0.2) is 0 Å². The zero-order chi connectivity index (χ0) is 14.4. The molecule has 0 unspecified atom stereocenters. The van der Waals surface area contributed by atoms with Crippen molar-refractivity contribution in [3.63, 3.8) is 0 Å². The Morgan fingerprint density at radius 3 is 2.60 bits per heavy atom. The van der Waals surface area contributed by atoms with E-state index in [0.717, 1.165) is 18.5 Å². The summed E-state index contributed by atoms with van der Waals surface area (Å²) in [6, 6.07) is 11.4. The molecule has 0 bridgehead atoms. The monoisotopic (exact) mass is 269 g/mol. The summed E-state index contributed by atoms with van der Waals surface area (Å²) in [5.74, 6) is 0.415. The summed E-state index contributed by atoms with van der Waals surface area (Å²) in [5, 5.41) is 5.80. The highest BCUT2D eigenvalue weighted by molar-refractivity contribution is 6.07. The van der Waals surface area contributed by atoms with E-state index in [0.29, 0.717) is 11.4 Å². The Morgan fingerprint density at radius 1 is 1.20 bits per heavy atom. The number of rotatable bonds is 5. The average molecular weight is 269 g/mol. The van der Waals surface area contributed by atoms with Gasteiger partial charge in [-0.3, -0.25) is 4.79 Å². The molecule has 0 aliphatic rings. The Hall–Kier alpha value is -2.36. The van der Waals surface area contributed by atoms with E-state index in [1.807, 2.05) is 24.3 Å². The van der Waals surface area contributed by atoms with Gasteiger partial charge in [-0.1, -0.05) is 25.5 Å². The molecular formula is C16H19N3O. The number of hydrogen-bond acceptors (Lipinski definition) is 3. The first-order valence-corrected chi connectivity index (χ1v) is 6.77. The zero-order valence-corrected chi connectivity index (χ0v) is 11.8. The minimum absolute atomic E-state index is 0.161. The van der Waals surface area contributed by atoms with Crippen LogP contribution in [0.1, 0.15) is 29.3 Å². The van der Waals surface area contributed by atoms with Crippen LogP contribution < -0.4 is 10.6 Å². The maximum absolute atomic E-state index is 12.2. The van der Waals surface area contributed by atoms with Crippen molar-refractivity contribution in [3.05, 3.63) is 53.7 Å². The van der Waals surface area contributed by atoms with E-state index >= 15 is 0 Å². The second-order valence-electron chi connectivity index (χ2n) is 4.55. The molecule has 0 saturated heterocycles. The minimum atomic E-state index is -0.161. The van der Waals surface area contributed by atoms with Crippen molar-refractivity contribution in [2.45, 2.75) is 19.8 Å². The van der Waals surface area contributed by atoms with E-state index in [1.165, 1.54) is 5.56 Å². The molecule has 0 aliphatic carbocycles. The molecule has 0 atom stereocenters. The SMILES string of the molecule is CCCc1ccc(NC(=O)c2cccnc2NC)cc1. The third kappa shape index (κ3) is 3.35. The first-order valence-electron chi connectivity index (χ1n) is 6.77. The van der Waals surface area contributed by atoms with Crippen LogP contribution in [0, 0.1) is 0 Å². The number of amides is 1. The fourth-order valence-corrected chi connectivity index (χ4v) is 2.03. The fraction of sp³-hybridized carbons (Fsp3) is 0.250. The van der Waals surface area contributed by atoms with Crippen molar-refractivity contribution in [1.29, 1.82) is 0 Å². The molecular weight excluding hydrogens is 250 g/mol. The summed E-state index contributed by atoms with van der Waals surface area (Å²) in [6.45, 7) is 2.15. The second-order valence-corrected chi connectivity index (χ2v) is 4.55. The molecule has 0 radical (unpaired) electrons. The number of pyridine rings is 1. The molecule has 2 aromatic rings. The fourth-order valence-electron chi connectivity index (χ4n) is 2.03. The van der Waals surface area contributed by atoms with Crippen LogP contribution in [0.25, 0.3) is 0 Å². The van der Waals surface area contributed by atoms with Crippen LogP contribution in [0.5, 0.6) is 0 Å². The van der Waals surface area contributed by atoms with Gasteiger partial charge in [0.2, 0.25) is 0 Å². The minimum Gasteiger partial charge on any atom is -0.372 e. The van der Waals surface area contributed by atoms with Gasteiger partial charge in [-0.2, -0.15) is 0 Å². The van der Waals surface area contributed by atoms with E-state index in [9.17, 15) is 4.79 Å². The van der Waals surface area contributed by atoms with E-state index < -0.39 is 0 Å². The number of nitrogens with zero attached hydrogens (tertiary/aromatic N) is 1. The molecule has 4 nitrogen and oxygen atoms in total. The van der Waals surface area contributed by atoms with Crippen LogP contribution in [0.3, 0.4) is 0 Å². The van der Waals surface area contributed by atoms with Gasteiger partial charge in [-0.15, -0.1) is 0 Å². The highest BCUT2D eigenvalue weighted by atomic mass is 16.1. The Morgan fingerprint density at radius 2 is 1.95 bits per heavy atom. The summed E-state index contributed by atoms with van der Waals surface area (Å²) in [6.07, 6.45) is 3.83. The third-order valence-electron chi connectivity index (χ3n) is 3.04. The van der Waals surface area contributed by atoms with E-state index in [1.54, 1.807) is 25.4 Å². The molecule has 0 fully saturated rings. The molecule has 1 heterocycles. The number of nitrogens with one attached hydrogen (secondary N) is 2. The standard InChI is InChI=1S/C16H19N3O/c1-3-5-12-7-9-13(10-8-12)19-16(20)14-6-4-11-18-15(14)17-2/h4,6-11H,3,5H2,1-2H3,(H,17,18)(H,19,20). The van der Waals surface area contributed by atoms with Crippen LogP contribution in [0.2, 0.25) is 0 Å². The molecule has 2 rings (SSSR count). The van der Waals surface area contributed by atoms with Crippen molar-refractivity contribution in [2.75, 3.05) is 17.7 Å². The number of benzene rings is 1. The van der Waals surface area contributed by atoms with Crippen molar-refractivity contribution in [1.82, 2.24) is 4.98 Å². The van der Waals surface area contributed by atoms with Gasteiger partial charge in [0.25, 0.3) is 5.91 Å². The molecule has 4 heteroatoms. The molecule has 20 heavy (non-hydrogen) atoms. The number of carbonyl (C=O) groups is 1. The van der Waals surface area contributed by atoms with Gasteiger partial charge < -0.3 is 10.6 Å². The van der Waals surface area contributed by atoms with Crippen molar-refractivity contribution in [3.8, 4) is 0 Å². The molecule has 1 aromatic carbocycles. The maximum Gasteiger partial charge on any atom is 0.259 e. The first kappa shape index (κ1) is 14.1. The smallest absolute Gasteiger partial charge is 0.259 e. The number of carbonyl (C=O) groups excluding carboxylic acids is 1. The van der Waals surface area contributed by atoms with Gasteiger partial charge in [-0.05, 0) is 36.2 Å². The quantitative estimate of drug-likeness (QED) is 0.875. The van der Waals surface area contributed by atoms with Crippen LogP contribution in [-0.2, 0) is 6.42 Å². The normalized spacial score (nSPS) is 10.1. The molecule has 1 amide bonds. The van der Waals surface area contributed by atoms with Crippen LogP contribution in [-0.4, -0.2) is 17.9 Å². The predicted molar refractivity (Wildman–Crippen MR) is 82.2 cm³/mol. The average Bonchev–Trinajstić information content (AvgIpc) is 2.49. The van der Waals surface area contributed by atoms with E-state index in [4.69, 9.17) is 0 Å². The Kier molecular flexibility index (Phi) is 4.71. The summed E-state index contributed by atoms with van der Waals surface area (Å²) in [4.78, 5) is 16.3. The lowest BCUT2D eigenvalue weighted by Gasteiger charge is -2.09. The lowest BCUT2D eigenvalue weighted by molar-refractivity contribution is 0.102. The highest BCUT2D eigenvalue weighted by Crippen LogP contribution is 2.15. The van der Waals surface area contributed by atoms with Gasteiger partial charge in [0.1, 0.15) is 5.82 Å². The Balaban J connectivity index is 2.11. The molecule has 0 saturated carbocycles. The lowest BCUT2D eigenvalue weighted by atomic mass is 10.1. The Labute approximate surface area is 119 Å². The van der Waals surface area contributed by atoms with Gasteiger partial charge in [0, 0.05) is 18.9 Å². The molecule has 1 aromatic heterocycles. The predicted octanol–water partition coefficient (Wildman–Crippen LogP) is 3.33. The third-order valence-corrected chi connectivity index (χ3v) is 3.04. The van der Waals surface area contributed by atoms with Gasteiger partial charge >= 0.3 is 0 Å². The maximum atomic E-state index is 12.2. The summed E-state index contributed by atoms with van der Waals surface area (Å²) >= 11 is 0. The van der Waals surface area contributed by atoms with Gasteiger partial charge in [-0.25, -0.2) is 4.98 Å². The summed E-state index contributed by atoms with van der Waals surface area (Å²) < 4.78 is 0. The number of aryl methyl sites for hydroxylation is 1. The van der Waals surface area contributed by atoms with Gasteiger partial charge in [0.05, 0.1) is 5.56 Å². The lowest BCUT2D eigenvalue weighted by Crippen LogP contribution is -2.14. The molecule has 0 spiro atoms. The van der Waals surface area contributed by atoms with Crippen LogP contribution >= 0.6 is 0 Å². The van der Waals surface area contributed by atoms with E-state index in [-0.39, 0.29) is 5.91 Å². The number of hydrogen-bond donors (Lipinski definition) is 2. The highest BCUT2D eigenvalue weighted by Gasteiger charge is 2.11. The molecule has 104 valence electrons. The van der Waals surface area contributed by atoms with Crippen LogP contribution in [0.4, 0.5) is 11.5 Å². The number of anilines is 2. The second kappa shape index (κ2) is 6.70. The van der Waals surface area contributed by atoms with Crippen molar-refractivity contribution < 1.29 is 4.79 Å². The Bertz CT molecular complexity index is 579. The zero-order valence-electron chi connectivity index (χ0n) is 11.8. The molecule has 0 aliphatic heterocycles. The molecule has 2 N–H and O–H groups in total. The summed E-state index contributed by atoms with van der Waals surface area (Å²) in [5.41, 5.74) is 2.61. The summed E-state index contributed by atoms with van der Waals surface area (Å²) in [7, 11) is 1.75. The van der Waals surface area contributed by atoms with Crippen LogP contribution in [0.15, 0.2) is 42.6 Å². The number of aromatic nitrogens is 1. The van der Waals surface area contributed by atoms with Crippen molar-refractivity contribution >= 4 is 17.4 Å². The topological polar surface area (TPSA) is 54.0 Å². The van der Waals surface area contributed by atoms with Crippen molar-refractivity contribution in [2.24, 2.45) is 0 Å². The van der Waals surface area contributed by atoms with E-state index in [2.05, 4.69) is 22.5 Å².